The first-order chi connectivity index (χ1) is 13.4. The Morgan fingerprint density at radius 3 is 2.43 bits per heavy atom. The summed E-state index contributed by atoms with van der Waals surface area (Å²) in [5, 5.41) is 28.6. The fourth-order valence-corrected chi connectivity index (χ4v) is 2.49. The van der Waals surface area contributed by atoms with Crippen molar-refractivity contribution in [3.05, 3.63) is 53.3 Å². The van der Waals surface area contributed by atoms with Gasteiger partial charge < -0.3 is 30.7 Å². The van der Waals surface area contributed by atoms with Gasteiger partial charge in [-0.15, -0.1) is 0 Å². The number of amidine groups is 1. The minimum absolute atomic E-state index is 0.0536. The molecule has 0 aliphatic heterocycles. The van der Waals surface area contributed by atoms with Gasteiger partial charge in [-0.3, -0.25) is 5.41 Å². The van der Waals surface area contributed by atoms with Crippen LogP contribution < -0.4 is 20.5 Å². The van der Waals surface area contributed by atoms with Crippen LogP contribution in [0.3, 0.4) is 0 Å². The number of halogens is 1. The number of carbonyl (C=O) groups is 1. The van der Waals surface area contributed by atoms with E-state index in [0.717, 1.165) is 6.07 Å². The van der Waals surface area contributed by atoms with E-state index in [2.05, 4.69) is 5.32 Å². The quantitative estimate of drug-likeness (QED) is 0.309. The third kappa shape index (κ3) is 5.10. The number of aliphatic hydroxyl groups is 1. The Bertz CT molecular complexity index is 842. The van der Waals surface area contributed by atoms with Gasteiger partial charge in [0.2, 0.25) is 0 Å². The molecule has 150 valence electrons. The Balaban J connectivity index is 2.37. The maximum absolute atomic E-state index is 14.6. The van der Waals surface area contributed by atoms with Crippen LogP contribution >= 0.6 is 0 Å². The molecule has 1 atom stereocenters. The highest BCUT2D eigenvalue weighted by Gasteiger charge is 2.26. The van der Waals surface area contributed by atoms with Crippen molar-refractivity contribution >= 4 is 17.5 Å². The van der Waals surface area contributed by atoms with Gasteiger partial charge in [-0.25, -0.2) is 9.18 Å². The first-order valence-corrected chi connectivity index (χ1v) is 8.51. The second kappa shape index (κ2) is 9.56. The van der Waals surface area contributed by atoms with Gasteiger partial charge in [0.15, 0.2) is 17.5 Å². The molecule has 0 fully saturated rings. The summed E-state index contributed by atoms with van der Waals surface area (Å²) in [5.41, 5.74) is 6.15. The highest BCUT2D eigenvalue weighted by Crippen LogP contribution is 2.34. The van der Waals surface area contributed by atoms with Crippen LogP contribution in [0.15, 0.2) is 36.4 Å². The summed E-state index contributed by atoms with van der Waals surface area (Å²) in [6, 6.07) is 7.11. The van der Waals surface area contributed by atoms with E-state index in [1.807, 2.05) is 0 Å². The molecule has 2 aromatic carbocycles. The van der Waals surface area contributed by atoms with Crippen LogP contribution in [0.5, 0.6) is 11.5 Å². The molecule has 2 aromatic rings. The van der Waals surface area contributed by atoms with Crippen LogP contribution in [0.25, 0.3) is 0 Å². The van der Waals surface area contributed by atoms with E-state index in [1.54, 1.807) is 31.2 Å². The Morgan fingerprint density at radius 1 is 1.25 bits per heavy atom. The van der Waals surface area contributed by atoms with Crippen LogP contribution in [0.1, 0.15) is 24.1 Å². The Morgan fingerprint density at radius 2 is 1.89 bits per heavy atom. The number of ether oxygens (including phenoxy) is 2. The Labute approximate surface area is 161 Å². The Hall–Kier alpha value is -3.33. The molecule has 0 heterocycles. The molecule has 8 nitrogen and oxygen atoms in total. The van der Waals surface area contributed by atoms with Gasteiger partial charge in [0, 0.05) is 22.9 Å². The zero-order chi connectivity index (χ0) is 20.7. The fraction of sp³-hybridized carbons (Fsp3) is 0.263. The first kappa shape index (κ1) is 21.0. The van der Waals surface area contributed by atoms with Gasteiger partial charge in [0.05, 0.1) is 13.2 Å². The summed E-state index contributed by atoms with van der Waals surface area (Å²) in [6.45, 7) is 1.67. The molecule has 0 spiro atoms. The third-order valence-corrected chi connectivity index (χ3v) is 3.78. The van der Waals surface area contributed by atoms with Gasteiger partial charge in [-0.2, -0.15) is 0 Å². The Kier molecular flexibility index (Phi) is 7.16. The molecular formula is C19H22FN3O5. The zero-order valence-electron chi connectivity index (χ0n) is 15.2. The molecule has 9 heteroatoms. The molecule has 0 saturated heterocycles. The SMILES string of the molecule is CCOc1cc([C@H](Nc2ccc(C(=N)N)cc2)C(=O)O)c(F)cc1OCCO. The van der Waals surface area contributed by atoms with Gasteiger partial charge in [0.1, 0.15) is 18.3 Å². The van der Waals surface area contributed by atoms with Crippen molar-refractivity contribution in [2.75, 3.05) is 25.1 Å². The number of aliphatic hydroxyl groups excluding tert-OH is 1. The average molecular weight is 391 g/mol. The minimum Gasteiger partial charge on any atom is -0.490 e. The maximum atomic E-state index is 14.6. The summed E-state index contributed by atoms with van der Waals surface area (Å²) in [7, 11) is 0. The van der Waals surface area contributed by atoms with Gasteiger partial charge in [-0.05, 0) is 37.3 Å². The number of benzene rings is 2. The summed E-state index contributed by atoms with van der Waals surface area (Å²) in [4.78, 5) is 11.8. The molecule has 2 rings (SSSR count). The van der Waals surface area contributed by atoms with Crippen molar-refractivity contribution in [3.8, 4) is 11.5 Å². The van der Waals surface area contributed by atoms with E-state index in [0.29, 0.717) is 11.3 Å². The molecule has 0 aromatic heterocycles. The number of hydrogen-bond donors (Lipinski definition) is 5. The van der Waals surface area contributed by atoms with Crippen LogP contribution in [0, 0.1) is 11.2 Å². The lowest BCUT2D eigenvalue weighted by molar-refractivity contribution is -0.138. The summed E-state index contributed by atoms with van der Waals surface area (Å²) >= 11 is 0. The van der Waals surface area contributed by atoms with Crippen molar-refractivity contribution in [1.29, 1.82) is 5.41 Å². The number of nitrogen functional groups attached to an aromatic ring is 1. The predicted octanol–water partition coefficient (Wildman–Crippen LogP) is 2.12. The first-order valence-electron chi connectivity index (χ1n) is 8.51. The molecule has 0 aliphatic carbocycles. The summed E-state index contributed by atoms with van der Waals surface area (Å²) in [5.74, 6) is -1.95. The van der Waals surface area contributed by atoms with Crippen LogP contribution in [-0.2, 0) is 4.79 Å². The molecule has 0 unspecified atom stereocenters. The van der Waals surface area contributed by atoms with Crippen molar-refractivity contribution in [2.24, 2.45) is 5.73 Å². The average Bonchev–Trinajstić information content (AvgIpc) is 2.66. The normalized spacial score (nSPS) is 11.5. The zero-order valence-corrected chi connectivity index (χ0v) is 15.2. The third-order valence-electron chi connectivity index (χ3n) is 3.78. The summed E-state index contributed by atoms with van der Waals surface area (Å²) in [6.07, 6.45) is 0. The van der Waals surface area contributed by atoms with E-state index < -0.39 is 17.8 Å². The number of aliphatic carboxylic acids is 1. The monoisotopic (exact) mass is 391 g/mol. The maximum Gasteiger partial charge on any atom is 0.330 e. The van der Waals surface area contributed by atoms with Crippen molar-refractivity contribution < 1.29 is 28.9 Å². The number of carboxylic acid groups (broad SMARTS) is 1. The van der Waals surface area contributed by atoms with Gasteiger partial charge in [-0.1, -0.05) is 0 Å². The summed E-state index contributed by atoms with van der Waals surface area (Å²) < 4.78 is 25.3. The number of carboxylic acids is 1. The van der Waals surface area contributed by atoms with E-state index in [4.69, 9.17) is 25.7 Å². The highest BCUT2D eigenvalue weighted by atomic mass is 19.1. The van der Waals surface area contributed by atoms with Crippen molar-refractivity contribution in [3.63, 3.8) is 0 Å². The molecule has 0 amide bonds. The lowest BCUT2D eigenvalue weighted by Crippen LogP contribution is -2.22. The molecule has 0 bridgehead atoms. The van der Waals surface area contributed by atoms with E-state index in [9.17, 15) is 14.3 Å². The fourth-order valence-electron chi connectivity index (χ4n) is 2.49. The number of hydrogen-bond acceptors (Lipinski definition) is 6. The molecule has 0 radical (unpaired) electrons. The van der Waals surface area contributed by atoms with Gasteiger partial charge in [0.25, 0.3) is 0 Å². The predicted molar refractivity (Wildman–Crippen MR) is 102 cm³/mol. The second-order valence-electron chi connectivity index (χ2n) is 5.73. The van der Waals surface area contributed by atoms with Gasteiger partial charge >= 0.3 is 5.97 Å². The van der Waals surface area contributed by atoms with E-state index in [-0.39, 0.29) is 42.7 Å². The molecular weight excluding hydrogens is 369 g/mol. The molecule has 0 aliphatic rings. The molecule has 0 saturated carbocycles. The molecule has 6 N–H and O–H groups in total. The number of nitrogens with two attached hydrogens (primary N) is 1. The van der Waals surface area contributed by atoms with Crippen molar-refractivity contribution in [1.82, 2.24) is 0 Å². The van der Waals surface area contributed by atoms with Crippen LogP contribution in [-0.4, -0.2) is 41.8 Å². The number of rotatable bonds is 10. The number of nitrogens with one attached hydrogen (secondary N) is 2. The minimum atomic E-state index is -1.39. The lowest BCUT2D eigenvalue weighted by atomic mass is 10.0. The standard InChI is InChI=1S/C19H22FN3O5/c1-2-27-15-9-13(14(20)10-16(15)28-8-7-24)17(19(25)26)23-12-5-3-11(4-6-12)18(21)22/h3-6,9-10,17,23-24H,2,7-8H2,1H3,(H3,21,22)(H,25,26)/t17-/m0/s1. The lowest BCUT2D eigenvalue weighted by Gasteiger charge is -2.19. The smallest absolute Gasteiger partial charge is 0.330 e. The molecule has 28 heavy (non-hydrogen) atoms. The highest BCUT2D eigenvalue weighted by molar-refractivity contribution is 5.95. The number of anilines is 1. The van der Waals surface area contributed by atoms with Crippen LogP contribution in [0.4, 0.5) is 10.1 Å². The second-order valence-corrected chi connectivity index (χ2v) is 5.73. The van der Waals surface area contributed by atoms with E-state index in [1.165, 1.54) is 6.07 Å². The topological polar surface area (TPSA) is 138 Å². The van der Waals surface area contributed by atoms with E-state index >= 15 is 0 Å². The van der Waals surface area contributed by atoms with Crippen molar-refractivity contribution in [2.45, 2.75) is 13.0 Å². The van der Waals surface area contributed by atoms with Crippen LogP contribution in [0.2, 0.25) is 0 Å². The largest absolute Gasteiger partial charge is 0.490 e.